The van der Waals surface area contributed by atoms with Crippen molar-refractivity contribution < 1.29 is 10.0 Å². The molecular formula is C12H25N3O2S. The molecule has 0 saturated carbocycles. The number of hydrogen-bond donors (Lipinski definition) is 3. The Hall–Kier alpha value is -0.910. The summed E-state index contributed by atoms with van der Waals surface area (Å²) in [6.45, 7) is 4.38. The lowest BCUT2D eigenvalue weighted by molar-refractivity contribution is -0.128. The average molecular weight is 275 g/mol. The second-order valence-electron chi connectivity index (χ2n) is 4.23. The van der Waals surface area contributed by atoms with Crippen LogP contribution < -0.4 is 11.1 Å². The van der Waals surface area contributed by atoms with Crippen LogP contribution >= 0.6 is 11.8 Å². The van der Waals surface area contributed by atoms with Crippen molar-refractivity contribution in [3.63, 3.8) is 0 Å². The van der Waals surface area contributed by atoms with Gasteiger partial charge in [0.1, 0.15) is 5.41 Å². The lowest BCUT2D eigenvalue weighted by Gasteiger charge is -2.28. The molecule has 0 aliphatic carbocycles. The maximum absolute atomic E-state index is 12.2. The molecule has 18 heavy (non-hydrogen) atoms. The molecule has 0 bridgehead atoms. The summed E-state index contributed by atoms with van der Waals surface area (Å²) in [7, 11) is 0. The summed E-state index contributed by atoms with van der Waals surface area (Å²) in [4.78, 5) is 12.2. The van der Waals surface area contributed by atoms with Gasteiger partial charge >= 0.3 is 0 Å². The number of oxime groups is 1. The lowest BCUT2D eigenvalue weighted by atomic mass is 9.80. The van der Waals surface area contributed by atoms with Gasteiger partial charge in [-0.15, -0.1) is 0 Å². The third-order valence-corrected chi connectivity index (χ3v) is 4.00. The third-order valence-electron chi connectivity index (χ3n) is 3.30. The van der Waals surface area contributed by atoms with Crippen LogP contribution in [0.4, 0.5) is 0 Å². The van der Waals surface area contributed by atoms with Crippen molar-refractivity contribution in [2.45, 2.75) is 39.5 Å². The number of unbranched alkanes of at least 4 members (excludes halogenated alkanes) is 1. The SMILES string of the molecule is CCC(CC)(C(=O)NCCCCSC)C(N)=NO. The summed E-state index contributed by atoms with van der Waals surface area (Å²) in [6, 6.07) is 0. The highest BCUT2D eigenvalue weighted by Gasteiger charge is 2.39. The Bertz CT molecular complexity index is 278. The maximum atomic E-state index is 12.2. The van der Waals surface area contributed by atoms with Crippen molar-refractivity contribution in [3.05, 3.63) is 0 Å². The zero-order chi connectivity index (χ0) is 14.0. The predicted octanol–water partition coefficient (Wildman–Crippen LogP) is 1.80. The van der Waals surface area contributed by atoms with Crippen molar-refractivity contribution in [1.82, 2.24) is 5.32 Å². The third kappa shape index (κ3) is 4.40. The minimum atomic E-state index is -0.881. The van der Waals surface area contributed by atoms with Gasteiger partial charge in [-0.1, -0.05) is 19.0 Å². The number of carbonyl (C=O) groups is 1. The summed E-state index contributed by atoms with van der Waals surface area (Å²) in [6.07, 6.45) is 5.14. The molecule has 0 aromatic heterocycles. The van der Waals surface area contributed by atoms with Gasteiger partial charge in [0.05, 0.1) is 0 Å². The maximum Gasteiger partial charge on any atom is 0.233 e. The highest BCUT2D eigenvalue weighted by molar-refractivity contribution is 7.98. The Labute approximate surface area is 114 Å². The van der Waals surface area contributed by atoms with Crippen LogP contribution in [0.25, 0.3) is 0 Å². The van der Waals surface area contributed by atoms with Gasteiger partial charge in [-0.2, -0.15) is 11.8 Å². The first-order chi connectivity index (χ1) is 8.58. The zero-order valence-corrected chi connectivity index (χ0v) is 12.3. The first-order valence-electron chi connectivity index (χ1n) is 6.34. The van der Waals surface area contributed by atoms with Crippen LogP contribution in [-0.4, -0.2) is 35.5 Å². The molecule has 1 amide bonds. The van der Waals surface area contributed by atoms with Crippen LogP contribution in [0.15, 0.2) is 5.16 Å². The number of nitrogens with two attached hydrogens (primary N) is 1. The first-order valence-corrected chi connectivity index (χ1v) is 7.73. The van der Waals surface area contributed by atoms with Crippen LogP contribution in [0.5, 0.6) is 0 Å². The molecule has 0 fully saturated rings. The molecule has 0 unspecified atom stereocenters. The second-order valence-corrected chi connectivity index (χ2v) is 5.22. The highest BCUT2D eigenvalue weighted by atomic mass is 32.2. The molecule has 0 aliphatic heterocycles. The topological polar surface area (TPSA) is 87.7 Å². The quantitative estimate of drug-likeness (QED) is 0.197. The number of nitrogens with zero attached hydrogens (tertiary/aromatic N) is 1. The molecule has 5 nitrogen and oxygen atoms in total. The summed E-state index contributed by atoms with van der Waals surface area (Å²) < 4.78 is 0. The molecule has 0 rings (SSSR count). The number of carbonyl (C=O) groups excluding carboxylic acids is 1. The Morgan fingerprint density at radius 3 is 2.44 bits per heavy atom. The van der Waals surface area contributed by atoms with Gasteiger partial charge in [0.25, 0.3) is 0 Å². The molecule has 0 spiro atoms. The fourth-order valence-electron chi connectivity index (χ4n) is 1.89. The second kappa shape index (κ2) is 9.08. The molecule has 0 aliphatic rings. The minimum Gasteiger partial charge on any atom is -0.409 e. The van der Waals surface area contributed by atoms with Gasteiger partial charge in [-0.25, -0.2) is 0 Å². The van der Waals surface area contributed by atoms with Gasteiger partial charge in [-0.05, 0) is 37.7 Å². The minimum absolute atomic E-state index is 0.00545. The van der Waals surface area contributed by atoms with E-state index >= 15 is 0 Å². The van der Waals surface area contributed by atoms with E-state index in [9.17, 15) is 4.79 Å². The van der Waals surface area contributed by atoms with Crippen molar-refractivity contribution in [1.29, 1.82) is 0 Å². The summed E-state index contributed by atoms with van der Waals surface area (Å²) in [5, 5.41) is 14.7. The largest absolute Gasteiger partial charge is 0.409 e. The molecule has 0 radical (unpaired) electrons. The number of nitrogens with one attached hydrogen (secondary N) is 1. The smallest absolute Gasteiger partial charge is 0.233 e. The Balaban J connectivity index is 4.41. The van der Waals surface area contributed by atoms with E-state index in [-0.39, 0.29) is 11.7 Å². The number of rotatable bonds is 9. The molecule has 6 heteroatoms. The summed E-state index contributed by atoms with van der Waals surface area (Å²) in [5.74, 6) is 0.948. The average Bonchev–Trinajstić information content (AvgIpc) is 2.40. The zero-order valence-electron chi connectivity index (χ0n) is 11.5. The van der Waals surface area contributed by atoms with E-state index < -0.39 is 5.41 Å². The molecule has 0 aromatic rings. The standard InChI is InChI=1S/C12H25N3O2S/c1-4-12(5-2,10(13)15-17)11(16)14-8-6-7-9-18-3/h17H,4-9H2,1-3H3,(H2,13,15)(H,14,16). The molecule has 0 atom stereocenters. The molecular weight excluding hydrogens is 250 g/mol. The van der Waals surface area contributed by atoms with Gasteiger partial charge < -0.3 is 16.3 Å². The number of amides is 1. The monoisotopic (exact) mass is 275 g/mol. The number of thioether (sulfide) groups is 1. The van der Waals surface area contributed by atoms with E-state index in [4.69, 9.17) is 10.9 Å². The van der Waals surface area contributed by atoms with Crippen LogP contribution in [0, 0.1) is 5.41 Å². The van der Waals surface area contributed by atoms with Gasteiger partial charge in [0.2, 0.25) is 5.91 Å². The highest BCUT2D eigenvalue weighted by Crippen LogP contribution is 2.26. The number of amidine groups is 1. The Kier molecular flexibility index (Phi) is 8.62. The Morgan fingerprint density at radius 1 is 1.39 bits per heavy atom. The fraction of sp³-hybridized carbons (Fsp3) is 0.833. The van der Waals surface area contributed by atoms with E-state index in [2.05, 4.69) is 16.7 Å². The Morgan fingerprint density at radius 2 is 2.00 bits per heavy atom. The lowest BCUT2D eigenvalue weighted by Crippen LogP contribution is -2.49. The van der Waals surface area contributed by atoms with E-state index in [1.807, 2.05) is 13.8 Å². The van der Waals surface area contributed by atoms with E-state index in [0.29, 0.717) is 19.4 Å². The first kappa shape index (κ1) is 17.1. The van der Waals surface area contributed by atoms with Crippen LogP contribution in [-0.2, 0) is 4.79 Å². The van der Waals surface area contributed by atoms with Crippen molar-refractivity contribution in [2.24, 2.45) is 16.3 Å². The summed E-state index contributed by atoms with van der Waals surface area (Å²) >= 11 is 1.80. The molecule has 0 aromatic carbocycles. The normalized spacial score (nSPS) is 12.5. The van der Waals surface area contributed by atoms with E-state index in [1.54, 1.807) is 11.8 Å². The van der Waals surface area contributed by atoms with E-state index in [1.165, 1.54) is 0 Å². The summed E-state index contributed by atoms with van der Waals surface area (Å²) in [5.41, 5.74) is 4.78. The van der Waals surface area contributed by atoms with Crippen LogP contribution in [0.2, 0.25) is 0 Å². The molecule has 0 saturated heterocycles. The van der Waals surface area contributed by atoms with Gasteiger partial charge in [0.15, 0.2) is 5.84 Å². The number of hydrogen-bond acceptors (Lipinski definition) is 4. The van der Waals surface area contributed by atoms with Gasteiger partial charge in [0, 0.05) is 6.54 Å². The van der Waals surface area contributed by atoms with Crippen LogP contribution in [0.3, 0.4) is 0 Å². The molecule has 106 valence electrons. The van der Waals surface area contributed by atoms with Crippen LogP contribution in [0.1, 0.15) is 39.5 Å². The molecule has 4 N–H and O–H groups in total. The fourth-order valence-corrected chi connectivity index (χ4v) is 2.38. The van der Waals surface area contributed by atoms with Crippen molar-refractivity contribution in [3.8, 4) is 0 Å². The van der Waals surface area contributed by atoms with Crippen molar-refractivity contribution >= 4 is 23.5 Å². The van der Waals surface area contributed by atoms with E-state index in [0.717, 1.165) is 18.6 Å². The van der Waals surface area contributed by atoms with Gasteiger partial charge in [-0.3, -0.25) is 4.79 Å². The predicted molar refractivity (Wildman–Crippen MR) is 77.0 cm³/mol. The van der Waals surface area contributed by atoms with Crippen molar-refractivity contribution in [2.75, 3.05) is 18.6 Å². The molecule has 0 heterocycles.